The topological polar surface area (TPSA) is 20.3 Å². The molecule has 88 valence electrons. The van der Waals surface area contributed by atoms with E-state index in [4.69, 9.17) is 0 Å². The van der Waals surface area contributed by atoms with Crippen LogP contribution in [0.1, 0.15) is 40.7 Å². The Kier molecular flexibility index (Phi) is 4.03. The van der Waals surface area contributed by atoms with Crippen molar-refractivity contribution in [1.29, 1.82) is 0 Å². The lowest BCUT2D eigenvalue weighted by Gasteiger charge is -2.13. The van der Waals surface area contributed by atoms with Crippen molar-refractivity contribution in [3.63, 3.8) is 0 Å². The maximum Gasteiger partial charge on any atom is 0.263 e. The molecule has 2 rings (SSSR count). The molecule has 1 aliphatic rings. The summed E-state index contributed by atoms with van der Waals surface area (Å²) in [5.41, 5.74) is 0. The summed E-state index contributed by atoms with van der Waals surface area (Å²) in [4.78, 5) is 16.3. The van der Waals surface area contributed by atoms with Crippen molar-refractivity contribution in [1.82, 2.24) is 4.90 Å². The van der Waals surface area contributed by atoms with Gasteiger partial charge in [0.1, 0.15) is 0 Å². The summed E-state index contributed by atoms with van der Waals surface area (Å²) in [5, 5.41) is 0. The van der Waals surface area contributed by atoms with Gasteiger partial charge in [-0.05, 0) is 41.3 Å². The Morgan fingerprint density at radius 1 is 1.50 bits per heavy atom. The largest absolute Gasteiger partial charge is 0.338 e. The van der Waals surface area contributed by atoms with Gasteiger partial charge in [-0.2, -0.15) is 0 Å². The minimum atomic E-state index is 0.213. The molecule has 1 aliphatic heterocycles. The van der Waals surface area contributed by atoms with Crippen molar-refractivity contribution < 1.29 is 4.79 Å². The lowest BCUT2D eigenvalue weighted by Crippen LogP contribution is -2.26. The number of halogens is 1. The van der Waals surface area contributed by atoms with Crippen LogP contribution in [0.25, 0.3) is 0 Å². The summed E-state index contributed by atoms with van der Waals surface area (Å²) in [5.74, 6) is 0.213. The summed E-state index contributed by atoms with van der Waals surface area (Å²) in [6, 6.07) is 1.98. The van der Waals surface area contributed by atoms with Gasteiger partial charge in [0.05, 0.1) is 4.88 Å². The van der Waals surface area contributed by atoms with Crippen LogP contribution in [0.4, 0.5) is 0 Å². The molecule has 1 saturated heterocycles. The first-order valence-corrected chi connectivity index (χ1v) is 7.40. The monoisotopic (exact) mass is 301 g/mol. The molecule has 0 aliphatic carbocycles. The Hall–Kier alpha value is -0.350. The van der Waals surface area contributed by atoms with Crippen molar-refractivity contribution in [3.8, 4) is 0 Å². The summed E-state index contributed by atoms with van der Waals surface area (Å²) >= 11 is 5.18. The maximum atomic E-state index is 12.1. The first kappa shape index (κ1) is 12.1. The second-order valence-corrected chi connectivity index (χ2v) is 6.12. The second-order valence-electron chi connectivity index (χ2n) is 4.13. The Balaban J connectivity index is 2.13. The molecule has 2 heterocycles. The Morgan fingerprint density at radius 2 is 2.19 bits per heavy atom. The molecule has 1 aromatic heterocycles. The number of rotatable bonds is 3. The highest BCUT2D eigenvalue weighted by Gasteiger charge is 2.21. The van der Waals surface area contributed by atoms with Gasteiger partial charge in [-0.3, -0.25) is 4.79 Å². The molecule has 2 nitrogen and oxygen atoms in total. The molecule has 0 atom stereocenters. The molecule has 1 amide bonds. The van der Waals surface area contributed by atoms with Gasteiger partial charge in [-0.1, -0.05) is 13.3 Å². The van der Waals surface area contributed by atoms with Crippen LogP contribution in [0.15, 0.2) is 10.5 Å². The lowest BCUT2D eigenvalue weighted by molar-refractivity contribution is 0.0797. The van der Waals surface area contributed by atoms with Gasteiger partial charge in [0.25, 0.3) is 5.91 Å². The zero-order chi connectivity index (χ0) is 11.5. The SMILES string of the molecule is CCCc1sc(C(=O)N2CCCC2)cc1Br. The van der Waals surface area contributed by atoms with Gasteiger partial charge < -0.3 is 4.90 Å². The van der Waals surface area contributed by atoms with E-state index in [-0.39, 0.29) is 5.91 Å². The van der Waals surface area contributed by atoms with Crippen molar-refractivity contribution in [2.45, 2.75) is 32.6 Å². The highest BCUT2D eigenvalue weighted by Crippen LogP contribution is 2.30. The van der Waals surface area contributed by atoms with Gasteiger partial charge in [-0.15, -0.1) is 11.3 Å². The van der Waals surface area contributed by atoms with Crippen LogP contribution in [0.2, 0.25) is 0 Å². The van der Waals surface area contributed by atoms with Crippen LogP contribution in [0, 0.1) is 0 Å². The molecule has 0 spiro atoms. The molecule has 0 unspecified atom stereocenters. The fourth-order valence-electron chi connectivity index (χ4n) is 1.99. The van der Waals surface area contributed by atoms with E-state index in [9.17, 15) is 4.79 Å². The van der Waals surface area contributed by atoms with Crippen LogP contribution < -0.4 is 0 Å². The summed E-state index contributed by atoms with van der Waals surface area (Å²) < 4.78 is 1.10. The number of carbonyl (C=O) groups is 1. The van der Waals surface area contributed by atoms with E-state index in [1.54, 1.807) is 11.3 Å². The minimum absolute atomic E-state index is 0.213. The first-order valence-electron chi connectivity index (χ1n) is 5.80. The average Bonchev–Trinajstić information content (AvgIpc) is 2.88. The average molecular weight is 302 g/mol. The quantitative estimate of drug-likeness (QED) is 0.833. The van der Waals surface area contributed by atoms with E-state index < -0.39 is 0 Å². The molecule has 0 radical (unpaired) electrons. The molecule has 16 heavy (non-hydrogen) atoms. The lowest BCUT2D eigenvalue weighted by atomic mass is 10.3. The van der Waals surface area contributed by atoms with E-state index in [0.29, 0.717) is 0 Å². The van der Waals surface area contributed by atoms with Crippen molar-refractivity contribution in [3.05, 3.63) is 20.3 Å². The van der Waals surface area contributed by atoms with Crippen molar-refractivity contribution >= 4 is 33.2 Å². The first-order chi connectivity index (χ1) is 7.72. The number of thiophene rings is 1. The van der Waals surface area contributed by atoms with E-state index >= 15 is 0 Å². The highest BCUT2D eigenvalue weighted by molar-refractivity contribution is 9.10. The Bertz CT molecular complexity index is 382. The van der Waals surface area contributed by atoms with Gasteiger partial charge in [0.2, 0.25) is 0 Å². The van der Waals surface area contributed by atoms with Crippen LogP contribution in [-0.4, -0.2) is 23.9 Å². The van der Waals surface area contributed by atoms with Gasteiger partial charge >= 0.3 is 0 Å². The molecular formula is C12H16BrNOS. The number of nitrogens with zero attached hydrogens (tertiary/aromatic N) is 1. The molecule has 1 fully saturated rings. The van der Waals surface area contributed by atoms with Crippen molar-refractivity contribution in [2.75, 3.05) is 13.1 Å². The number of hydrogen-bond donors (Lipinski definition) is 0. The number of likely N-dealkylation sites (tertiary alicyclic amines) is 1. The molecular weight excluding hydrogens is 286 g/mol. The molecule has 0 bridgehead atoms. The minimum Gasteiger partial charge on any atom is -0.338 e. The maximum absolute atomic E-state index is 12.1. The predicted octanol–water partition coefficient (Wildman–Crippen LogP) is 3.70. The zero-order valence-electron chi connectivity index (χ0n) is 9.46. The fraction of sp³-hybridized carbons (Fsp3) is 0.583. The third kappa shape index (κ3) is 2.48. The number of carbonyl (C=O) groups excluding carboxylic acids is 1. The Morgan fingerprint density at radius 3 is 2.81 bits per heavy atom. The molecule has 4 heteroatoms. The normalized spacial score (nSPS) is 15.8. The van der Waals surface area contributed by atoms with Crippen LogP contribution in [-0.2, 0) is 6.42 Å². The summed E-state index contributed by atoms with van der Waals surface area (Å²) in [6.07, 6.45) is 4.48. The molecule has 0 N–H and O–H groups in total. The third-order valence-electron chi connectivity index (χ3n) is 2.84. The number of aryl methyl sites for hydroxylation is 1. The Labute approximate surface area is 109 Å². The van der Waals surface area contributed by atoms with Gasteiger partial charge in [0.15, 0.2) is 0 Å². The van der Waals surface area contributed by atoms with Crippen LogP contribution >= 0.6 is 27.3 Å². The summed E-state index contributed by atoms with van der Waals surface area (Å²) in [6.45, 7) is 4.02. The smallest absolute Gasteiger partial charge is 0.263 e. The molecule has 0 aromatic carbocycles. The fourth-order valence-corrected chi connectivity index (χ4v) is 3.93. The number of amides is 1. The standard InChI is InChI=1S/C12H16BrNOS/c1-2-5-10-9(13)8-11(16-10)12(15)14-6-3-4-7-14/h8H,2-7H2,1H3. The predicted molar refractivity (Wildman–Crippen MR) is 71.2 cm³/mol. The van der Waals surface area contributed by atoms with E-state index in [0.717, 1.165) is 48.1 Å². The second kappa shape index (κ2) is 5.32. The number of hydrogen-bond acceptors (Lipinski definition) is 2. The molecule has 1 aromatic rings. The van der Waals surface area contributed by atoms with E-state index in [1.165, 1.54) is 4.88 Å². The van der Waals surface area contributed by atoms with Gasteiger partial charge in [0, 0.05) is 22.4 Å². The highest BCUT2D eigenvalue weighted by atomic mass is 79.9. The molecule has 0 saturated carbocycles. The van der Waals surface area contributed by atoms with Crippen molar-refractivity contribution in [2.24, 2.45) is 0 Å². The van der Waals surface area contributed by atoms with Crippen LogP contribution in [0.5, 0.6) is 0 Å². The van der Waals surface area contributed by atoms with Gasteiger partial charge in [-0.25, -0.2) is 0 Å². The van der Waals surface area contributed by atoms with E-state index in [2.05, 4.69) is 22.9 Å². The zero-order valence-corrected chi connectivity index (χ0v) is 11.9. The van der Waals surface area contributed by atoms with Crippen LogP contribution in [0.3, 0.4) is 0 Å². The third-order valence-corrected chi connectivity index (χ3v) is 4.99. The summed E-state index contributed by atoms with van der Waals surface area (Å²) in [7, 11) is 0. The van der Waals surface area contributed by atoms with E-state index in [1.807, 2.05) is 11.0 Å².